The highest BCUT2D eigenvalue weighted by Gasteiger charge is 2.11. The van der Waals surface area contributed by atoms with Crippen molar-refractivity contribution in [1.82, 2.24) is 9.97 Å². The maximum Gasteiger partial charge on any atom is 0.223 e. The summed E-state index contributed by atoms with van der Waals surface area (Å²) in [6.07, 6.45) is 1.72. The lowest BCUT2D eigenvalue weighted by Crippen LogP contribution is -2.03. The van der Waals surface area contributed by atoms with Crippen LogP contribution in [0.25, 0.3) is 22.0 Å². The highest BCUT2D eigenvalue weighted by atomic mass is 35.5. The molecule has 0 aliphatic rings. The van der Waals surface area contributed by atoms with E-state index in [2.05, 4.69) is 27.4 Å². The van der Waals surface area contributed by atoms with Gasteiger partial charge in [0.15, 0.2) is 0 Å². The van der Waals surface area contributed by atoms with Crippen molar-refractivity contribution >= 4 is 29.1 Å². The lowest BCUT2D eigenvalue weighted by Gasteiger charge is -2.11. The van der Waals surface area contributed by atoms with Crippen molar-refractivity contribution in [2.75, 3.05) is 12.4 Å². The molecular weight excluding hydrogens is 373 g/mol. The molecular formula is C23H21ClFN3. The number of hydrogen-bond donors (Lipinski definition) is 1. The van der Waals surface area contributed by atoms with Crippen LogP contribution in [0, 0.1) is 5.82 Å². The molecule has 0 bridgehead atoms. The standard InChI is InChI=1S/C23H20FN3.ClH/c1-25-23-26-17(12-11-16-7-3-2-4-8-16)15-22(27-23)20-13-14-21(24)19-10-6-5-9-18(19)20;/h2-10,13-15H,11-12H2,1H3,(H,25,26,27);1H. The molecule has 4 rings (SSSR count). The lowest BCUT2D eigenvalue weighted by molar-refractivity contribution is 0.640. The first-order valence-electron chi connectivity index (χ1n) is 9.02. The van der Waals surface area contributed by atoms with Crippen molar-refractivity contribution in [2.24, 2.45) is 0 Å². The lowest BCUT2D eigenvalue weighted by atomic mass is 10.0. The average molecular weight is 394 g/mol. The second-order valence-corrected chi connectivity index (χ2v) is 6.44. The summed E-state index contributed by atoms with van der Waals surface area (Å²) in [5.74, 6) is 0.352. The van der Waals surface area contributed by atoms with Crippen LogP contribution < -0.4 is 5.32 Å². The van der Waals surface area contributed by atoms with E-state index in [1.165, 1.54) is 11.6 Å². The van der Waals surface area contributed by atoms with Gasteiger partial charge in [0, 0.05) is 23.7 Å². The van der Waals surface area contributed by atoms with Crippen molar-refractivity contribution in [1.29, 1.82) is 0 Å². The van der Waals surface area contributed by atoms with Gasteiger partial charge >= 0.3 is 0 Å². The number of hydrogen-bond acceptors (Lipinski definition) is 3. The third-order valence-corrected chi connectivity index (χ3v) is 4.66. The zero-order chi connectivity index (χ0) is 18.6. The van der Waals surface area contributed by atoms with Gasteiger partial charge in [-0.1, -0.05) is 54.6 Å². The summed E-state index contributed by atoms with van der Waals surface area (Å²) in [4.78, 5) is 9.21. The number of nitrogens with zero attached hydrogens (tertiary/aromatic N) is 2. The number of nitrogens with one attached hydrogen (secondary N) is 1. The van der Waals surface area contributed by atoms with E-state index in [9.17, 15) is 4.39 Å². The van der Waals surface area contributed by atoms with Crippen molar-refractivity contribution in [2.45, 2.75) is 12.8 Å². The van der Waals surface area contributed by atoms with Crippen LogP contribution in [-0.2, 0) is 12.8 Å². The molecule has 0 atom stereocenters. The quantitative estimate of drug-likeness (QED) is 0.473. The highest BCUT2D eigenvalue weighted by molar-refractivity contribution is 5.96. The van der Waals surface area contributed by atoms with Crippen LogP contribution in [0.5, 0.6) is 0 Å². The number of halogens is 2. The molecule has 0 fully saturated rings. The maximum atomic E-state index is 14.2. The van der Waals surface area contributed by atoms with Crippen LogP contribution in [0.4, 0.5) is 10.3 Å². The molecule has 28 heavy (non-hydrogen) atoms. The van der Waals surface area contributed by atoms with Gasteiger partial charge in [-0.2, -0.15) is 0 Å². The third kappa shape index (κ3) is 4.12. The van der Waals surface area contributed by atoms with Gasteiger partial charge in [-0.25, -0.2) is 14.4 Å². The summed E-state index contributed by atoms with van der Waals surface area (Å²) in [5.41, 5.74) is 3.94. The summed E-state index contributed by atoms with van der Waals surface area (Å²) in [6, 6.07) is 23.1. The van der Waals surface area contributed by atoms with Crippen molar-refractivity contribution in [3.05, 3.63) is 89.9 Å². The molecule has 0 aliphatic carbocycles. The van der Waals surface area contributed by atoms with Gasteiger partial charge in [-0.15, -0.1) is 12.4 Å². The zero-order valence-electron chi connectivity index (χ0n) is 15.5. The summed E-state index contributed by atoms with van der Waals surface area (Å²) in [7, 11) is 1.81. The molecule has 0 saturated carbocycles. The topological polar surface area (TPSA) is 37.8 Å². The van der Waals surface area contributed by atoms with Crippen molar-refractivity contribution in [3.8, 4) is 11.3 Å². The van der Waals surface area contributed by atoms with Gasteiger partial charge in [-0.05, 0) is 42.0 Å². The Morgan fingerprint density at radius 3 is 2.29 bits per heavy atom. The average Bonchev–Trinajstić information content (AvgIpc) is 2.73. The predicted octanol–water partition coefficient (Wildman–Crippen LogP) is 5.68. The number of aryl methyl sites for hydroxylation is 2. The van der Waals surface area contributed by atoms with E-state index >= 15 is 0 Å². The fourth-order valence-electron chi connectivity index (χ4n) is 3.28. The summed E-state index contributed by atoms with van der Waals surface area (Å²) in [6.45, 7) is 0. The normalized spacial score (nSPS) is 10.5. The fraction of sp³-hybridized carbons (Fsp3) is 0.130. The van der Waals surface area contributed by atoms with Gasteiger partial charge in [0.05, 0.1) is 5.69 Å². The van der Waals surface area contributed by atoms with Gasteiger partial charge in [0.2, 0.25) is 5.95 Å². The predicted molar refractivity (Wildman–Crippen MR) is 116 cm³/mol. The van der Waals surface area contributed by atoms with Crippen molar-refractivity contribution < 1.29 is 4.39 Å². The van der Waals surface area contributed by atoms with E-state index in [0.717, 1.165) is 35.2 Å². The van der Waals surface area contributed by atoms with E-state index in [1.54, 1.807) is 12.1 Å². The second-order valence-electron chi connectivity index (χ2n) is 6.44. The molecule has 0 radical (unpaired) electrons. The number of benzene rings is 3. The molecule has 0 saturated heterocycles. The Kier molecular flexibility index (Phi) is 6.22. The minimum Gasteiger partial charge on any atom is -0.357 e. The largest absolute Gasteiger partial charge is 0.357 e. The Bertz CT molecular complexity index is 1080. The molecule has 3 aromatic carbocycles. The Balaban J connectivity index is 0.00000225. The van der Waals surface area contributed by atoms with E-state index in [4.69, 9.17) is 0 Å². The Hall–Kier alpha value is -2.98. The Labute approximate surface area is 170 Å². The monoisotopic (exact) mass is 393 g/mol. The second kappa shape index (κ2) is 8.81. The third-order valence-electron chi connectivity index (χ3n) is 4.66. The highest BCUT2D eigenvalue weighted by Crippen LogP contribution is 2.30. The summed E-state index contributed by atoms with van der Waals surface area (Å²) >= 11 is 0. The number of rotatable bonds is 5. The Morgan fingerprint density at radius 2 is 1.54 bits per heavy atom. The molecule has 0 aliphatic heterocycles. The first-order chi connectivity index (χ1) is 13.2. The van der Waals surface area contributed by atoms with Gasteiger partial charge in [0.1, 0.15) is 5.82 Å². The van der Waals surface area contributed by atoms with Crippen molar-refractivity contribution in [3.63, 3.8) is 0 Å². The first-order valence-corrected chi connectivity index (χ1v) is 9.02. The molecule has 142 valence electrons. The van der Waals surface area contributed by atoms with Gasteiger partial charge < -0.3 is 5.32 Å². The Morgan fingerprint density at radius 1 is 0.821 bits per heavy atom. The van der Waals surface area contributed by atoms with Gasteiger partial charge in [-0.3, -0.25) is 0 Å². The molecule has 0 spiro atoms. The van der Waals surface area contributed by atoms with Crippen LogP contribution in [0.15, 0.2) is 72.8 Å². The smallest absolute Gasteiger partial charge is 0.223 e. The maximum absolute atomic E-state index is 14.2. The number of aromatic nitrogens is 2. The molecule has 5 heteroatoms. The minimum atomic E-state index is -0.221. The van der Waals surface area contributed by atoms with E-state index in [1.807, 2.05) is 49.5 Å². The van der Waals surface area contributed by atoms with Crippen LogP contribution >= 0.6 is 12.4 Å². The van der Waals surface area contributed by atoms with Crippen LogP contribution in [0.2, 0.25) is 0 Å². The molecule has 4 aromatic rings. The summed E-state index contributed by atoms with van der Waals surface area (Å²) < 4.78 is 14.2. The summed E-state index contributed by atoms with van der Waals surface area (Å²) in [5, 5.41) is 4.50. The van der Waals surface area contributed by atoms with Crippen LogP contribution in [0.1, 0.15) is 11.3 Å². The van der Waals surface area contributed by atoms with Crippen LogP contribution in [0.3, 0.4) is 0 Å². The van der Waals surface area contributed by atoms with E-state index in [0.29, 0.717) is 11.3 Å². The molecule has 0 unspecified atom stereocenters. The first kappa shape index (κ1) is 19.8. The van der Waals surface area contributed by atoms with E-state index < -0.39 is 0 Å². The molecule has 1 aromatic heterocycles. The zero-order valence-corrected chi connectivity index (χ0v) is 16.3. The van der Waals surface area contributed by atoms with Gasteiger partial charge in [0.25, 0.3) is 0 Å². The molecule has 0 amide bonds. The molecule has 3 nitrogen and oxygen atoms in total. The minimum absolute atomic E-state index is 0. The number of anilines is 1. The SMILES string of the molecule is CNc1nc(CCc2ccccc2)cc(-c2ccc(F)c3ccccc23)n1.Cl. The fourth-order valence-corrected chi connectivity index (χ4v) is 3.28. The van der Waals surface area contributed by atoms with E-state index in [-0.39, 0.29) is 18.2 Å². The van der Waals surface area contributed by atoms with Crippen LogP contribution in [-0.4, -0.2) is 17.0 Å². The molecule has 1 N–H and O–H groups in total. The molecule has 1 heterocycles. The number of fused-ring (bicyclic) bond motifs is 1.